The lowest BCUT2D eigenvalue weighted by atomic mass is 9.83. The van der Waals surface area contributed by atoms with Gasteiger partial charge >= 0.3 is 0 Å². The van der Waals surface area contributed by atoms with Crippen LogP contribution in [0.2, 0.25) is 0 Å². The monoisotopic (exact) mass is 283 g/mol. The quantitative estimate of drug-likeness (QED) is 0.695. The SMILES string of the molecule is CNS(=O)(=O)c1ccc(NCCC2CCC2)cc1N. The molecule has 1 aromatic rings. The van der Waals surface area contributed by atoms with Gasteiger partial charge in [-0.05, 0) is 37.6 Å². The molecule has 2 rings (SSSR count). The van der Waals surface area contributed by atoms with Crippen molar-refractivity contribution in [2.24, 2.45) is 5.92 Å². The molecule has 4 N–H and O–H groups in total. The Morgan fingerprint density at radius 2 is 2.11 bits per heavy atom. The highest BCUT2D eigenvalue weighted by Gasteiger charge is 2.17. The summed E-state index contributed by atoms with van der Waals surface area (Å²) in [5, 5.41) is 3.29. The Hall–Kier alpha value is -1.27. The van der Waals surface area contributed by atoms with Gasteiger partial charge in [0.15, 0.2) is 0 Å². The Morgan fingerprint density at radius 3 is 2.63 bits per heavy atom. The summed E-state index contributed by atoms with van der Waals surface area (Å²) in [7, 11) is -2.10. The molecule has 0 heterocycles. The second-order valence-electron chi connectivity index (χ2n) is 4.97. The molecule has 0 spiro atoms. The van der Waals surface area contributed by atoms with E-state index in [1.165, 1.54) is 32.4 Å². The van der Waals surface area contributed by atoms with E-state index in [9.17, 15) is 8.42 Å². The van der Waals surface area contributed by atoms with Crippen LogP contribution >= 0.6 is 0 Å². The predicted octanol–water partition coefficient (Wildman–Crippen LogP) is 1.78. The van der Waals surface area contributed by atoms with Crippen LogP contribution in [0.25, 0.3) is 0 Å². The Bertz CT molecular complexity index is 539. The van der Waals surface area contributed by atoms with E-state index >= 15 is 0 Å². The molecule has 106 valence electrons. The van der Waals surface area contributed by atoms with Crippen LogP contribution in [0.1, 0.15) is 25.7 Å². The Kier molecular flexibility index (Phi) is 4.31. The van der Waals surface area contributed by atoms with Gasteiger partial charge in [-0.15, -0.1) is 0 Å². The zero-order valence-corrected chi connectivity index (χ0v) is 12.0. The summed E-state index contributed by atoms with van der Waals surface area (Å²) in [6.07, 6.45) is 5.19. The van der Waals surface area contributed by atoms with Gasteiger partial charge in [-0.2, -0.15) is 0 Å². The van der Waals surface area contributed by atoms with E-state index in [4.69, 9.17) is 5.73 Å². The molecule has 0 aromatic heterocycles. The number of nitrogens with two attached hydrogens (primary N) is 1. The number of sulfonamides is 1. The van der Waals surface area contributed by atoms with Gasteiger partial charge in [-0.25, -0.2) is 13.1 Å². The van der Waals surface area contributed by atoms with Crippen molar-refractivity contribution in [3.8, 4) is 0 Å². The van der Waals surface area contributed by atoms with Crippen LogP contribution in [0, 0.1) is 5.92 Å². The number of rotatable bonds is 6. The van der Waals surface area contributed by atoms with Gasteiger partial charge in [-0.3, -0.25) is 0 Å². The van der Waals surface area contributed by atoms with E-state index in [0.717, 1.165) is 24.6 Å². The molecule has 0 atom stereocenters. The first-order valence-electron chi connectivity index (χ1n) is 6.60. The summed E-state index contributed by atoms with van der Waals surface area (Å²) in [5.74, 6) is 0.855. The molecular weight excluding hydrogens is 262 g/mol. The zero-order valence-electron chi connectivity index (χ0n) is 11.1. The number of nitrogen functional groups attached to an aromatic ring is 1. The molecule has 0 bridgehead atoms. The van der Waals surface area contributed by atoms with Crippen LogP contribution in [0.5, 0.6) is 0 Å². The highest BCUT2D eigenvalue weighted by atomic mass is 32.2. The third-order valence-electron chi connectivity index (χ3n) is 3.67. The maximum Gasteiger partial charge on any atom is 0.242 e. The van der Waals surface area contributed by atoms with Crippen LogP contribution in [0.4, 0.5) is 11.4 Å². The van der Waals surface area contributed by atoms with E-state index in [0.29, 0.717) is 0 Å². The topological polar surface area (TPSA) is 84.2 Å². The largest absolute Gasteiger partial charge is 0.398 e. The van der Waals surface area contributed by atoms with Crippen molar-refractivity contribution in [3.63, 3.8) is 0 Å². The Morgan fingerprint density at radius 1 is 1.37 bits per heavy atom. The smallest absolute Gasteiger partial charge is 0.242 e. The first-order chi connectivity index (χ1) is 9.03. The molecule has 0 amide bonds. The minimum absolute atomic E-state index is 0.125. The van der Waals surface area contributed by atoms with Crippen LogP contribution in [-0.2, 0) is 10.0 Å². The van der Waals surface area contributed by atoms with Crippen molar-refractivity contribution in [2.45, 2.75) is 30.6 Å². The Balaban J connectivity index is 1.98. The summed E-state index contributed by atoms with van der Waals surface area (Å²) in [6.45, 7) is 0.905. The lowest BCUT2D eigenvalue weighted by molar-refractivity contribution is 0.303. The number of hydrogen-bond donors (Lipinski definition) is 3. The Labute approximate surface area is 114 Å². The second kappa shape index (κ2) is 5.79. The van der Waals surface area contributed by atoms with Crippen LogP contribution in [-0.4, -0.2) is 22.0 Å². The van der Waals surface area contributed by atoms with Crippen molar-refractivity contribution >= 4 is 21.4 Å². The third-order valence-corrected chi connectivity index (χ3v) is 5.16. The van der Waals surface area contributed by atoms with Crippen LogP contribution in [0.15, 0.2) is 23.1 Å². The lowest BCUT2D eigenvalue weighted by Crippen LogP contribution is -2.20. The molecule has 0 saturated heterocycles. The normalized spacial score (nSPS) is 16.1. The van der Waals surface area contributed by atoms with E-state index in [2.05, 4.69) is 10.0 Å². The van der Waals surface area contributed by atoms with Crippen molar-refractivity contribution in [2.75, 3.05) is 24.6 Å². The average Bonchev–Trinajstić information content (AvgIpc) is 2.32. The number of nitrogens with one attached hydrogen (secondary N) is 2. The number of hydrogen-bond acceptors (Lipinski definition) is 4. The van der Waals surface area contributed by atoms with Crippen molar-refractivity contribution in [1.29, 1.82) is 0 Å². The van der Waals surface area contributed by atoms with E-state index < -0.39 is 10.0 Å². The molecule has 1 aliphatic carbocycles. The zero-order chi connectivity index (χ0) is 13.9. The molecule has 5 nitrogen and oxygen atoms in total. The van der Waals surface area contributed by atoms with Crippen molar-refractivity contribution in [1.82, 2.24) is 4.72 Å². The highest BCUT2D eigenvalue weighted by molar-refractivity contribution is 7.89. The van der Waals surface area contributed by atoms with Crippen molar-refractivity contribution < 1.29 is 8.42 Å². The summed E-state index contributed by atoms with van der Waals surface area (Å²) in [5.41, 5.74) is 6.93. The average molecular weight is 283 g/mol. The van der Waals surface area contributed by atoms with Gasteiger partial charge in [-0.1, -0.05) is 19.3 Å². The summed E-state index contributed by atoms with van der Waals surface area (Å²) in [6, 6.07) is 4.96. The molecule has 6 heteroatoms. The first kappa shape index (κ1) is 14.1. The maximum absolute atomic E-state index is 11.7. The highest BCUT2D eigenvalue weighted by Crippen LogP contribution is 2.29. The fourth-order valence-corrected chi connectivity index (χ4v) is 3.05. The van der Waals surface area contributed by atoms with Gasteiger partial charge in [0.2, 0.25) is 10.0 Å². The molecule has 19 heavy (non-hydrogen) atoms. The minimum Gasteiger partial charge on any atom is -0.398 e. The molecular formula is C13H21N3O2S. The second-order valence-corrected chi connectivity index (χ2v) is 6.83. The molecule has 0 unspecified atom stereocenters. The van der Waals surface area contributed by atoms with E-state index in [1.54, 1.807) is 12.1 Å². The van der Waals surface area contributed by atoms with Gasteiger partial charge < -0.3 is 11.1 Å². The summed E-state index contributed by atoms with van der Waals surface area (Å²) >= 11 is 0. The predicted molar refractivity (Wildman–Crippen MR) is 77.5 cm³/mol. The molecule has 0 aliphatic heterocycles. The molecule has 1 saturated carbocycles. The van der Waals surface area contributed by atoms with Gasteiger partial charge in [0.05, 0.1) is 5.69 Å². The van der Waals surface area contributed by atoms with E-state index in [-0.39, 0.29) is 10.6 Å². The standard InChI is InChI=1S/C13H21N3O2S/c1-15-19(17,18)13-6-5-11(9-12(13)14)16-8-7-10-3-2-4-10/h5-6,9-10,15-16H,2-4,7-8,14H2,1H3. The molecule has 1 aliphatic rings. The van der Waals surface area contributed by atoms with E-state index in [1.807, 2.05) is 0 Å². The molecule has 1 fully saturated rings. The fourth-order valence-electron chi connectivity index (χ4n) is 2.22. The number of anilines is 2. The molecule has 1 aromatic carbocycles. The maximum atomic E-state index is 11.7. The first-order valence-corrected chi connectivity index (χ1v) is 8.08. The van der Waals surface area contributed by atoms with Gasteiger partial charge in [0.1, 0.15) is 4.90 Å². The van der Waals surface area contributed by atoms with Gasteiger partial charge in [0.25, 0.3) is 0 Å². The number of benzene rings is 1. The third kappa shape index (κ3) is 3.39. The lowest BCUT2D eigenvalue weighted by Gasteiger charge is -2.25. The molecule has 0 radical (unpaired) electrons. The summed E-state index contributed by atoms with van der Waals surface area (Å²) in [4.78, 5) is 0.125. The van der Waals surface area contributed by atoms with Crippen LogP contribution < -0.4 is 15.8 Å². The van der Waals surface area contributed by atoms with Crippen LogP contribution in [0.3, 0.4) is 0 Å². The summed E-state index contributed by atoms with van der Waals surface area (Å²) < 4.78 is 25.6. The fraction of sp³-hybridized carbons (Fsp3) is 0.538. The minimum atomic E-state index is -3.48. The van der Waals surface area contributed by atoms with Crippen molar-refractivity contribution in [3.05, 3.63) is 18.2 Å². The van der Waals surface area contributed by atoms with Gasteiger partial charge in [0, 0.05) is 12.2 Å².